The summed E-state index contributed by atoms with van der Waals surface area (Å²) in [6.45, 7) is 3.35. The molecule has 1 saturated heterocycles. The third-order valence-electron chi connectivity index (χ3n) is 4.92. The quantitative estimate of drug-likeness (QED) is 0.716. The Balaban J connectivity index is 1.72. The van der Waals surface area contributed by atoms with Crippen molar-refractivity contribution in [1.29, 1.82) is 0 Å². The topological polar surface area (TPSA) is 78.3 Å². The third-order valence-corrected chi connectivity index (χ3v) is 5.19. The zero-order valence-corrected chi connectivity index (χ0v) is 16.5. The van der Waals surface area contributed by atoms with Crippen LogP contribution in [-0.4, -0.2) is 41.0 Å². The minimum atomic E-state index is -0.315. The summed E-state index contributed by atoms with van der Waals surface area (Å²) in [6.07, 6.45) is 3.19. The molecule has 146 valence electrons. The van der Waals surface area contributed by atoms with Crippen molar-refractivity contribution in [1.82, 2.24) is 14.8 Å². The predicted molar refractivity (Wildman–Crippen MR) is 107 cm³/mol. The molecular formula is C20H21ClN4O3. The van der Waals surface area contributed by atoms with Gasteiger partial charge < -0.3 is 14.8 Å². The van der Waals surface area contributed by atoms with Gasteiger partial charge in [0.15, 0.2) is 10.8 Å². The van der Waals surface area contributed by atoms with Gasteiger partial charge in [-0.3, -0.25) is 4.79 Å². The number of pyridine rings is 1. The number of methoxy groups -OCH3 is 1. The summed E-state index contributed by atoms with van der Waals surface area (Å²) in [5, 5.41) is 8.16. The largest absolute Gasteiger partial charge is 0.495 e. The second-order valence-electron chi connectivity index (χ2n) is 6.80. The lowest BCUT2D eigenvalue weighted by Crippen LogP contribution is -2.21. The van der Waals surface area contributed by atoms with Crippen molar-refractivity contribution < 1.29 is 14.3 Å². The van der Waals surface area contributed by atoms with Crippen LogP contribution in [0.25, 0.3) is 11.0 Å². The fourth-order valence-electron chi connectivity index (χ4n) is 3.43. The van der Waals surface area contributed by atoms with E-state index in [0.29, 0.717) is 41.2 Å². The first kappa shape index (κ1) is 18.7. The highest BCUT2D eigenvalue weighted by Crippen LogP contribution is 2.36. The molecule has 3 aromatic rings. The van der Waals surface area contributed by atoms with Gasteiger partial charge in [0.05, 0.1) is 13.2 Å². The zero-order chi connectivity index (χ0) is 19.7. The van der Waals surface area contributed by atoms with Crippen LogP contribution in [0.15, 0.2) is 30.5 Å². The van der Waals surface area contributed by atoms with Crippen molar-refractivity contribution in [2.45, 2.75) is 25.8 Å². The van der Waals surface area contributed by atoms with Crippen molar-refractivity contribution in [2.24, 2.45) is 0 Å². The molecule has 28 heavy (non-hydrogen) atoms. The Morgan fingerprint density at radius 2 is 2.00 bits per heavy atom. The number of amides is 1. The molecular weight excluding hydrogens is 380 g/mol. The van der Waals surface area contributed by atoms with Gasteiger partial charge in [0.1, 0.15) is 16.7 Å². The van der Waals surface area contributed by atoms with E-state index < -0.39 is 0 Å². The first-order chi connectivity index (χ1) is 13.6. The second-order valence-corrected chi connectivity index (χ2v) is 7.16. The maximum Gasteiger partial charge on any atom is 0.261 e. The molecule has 0 aliphatic carbocycles. The average Bonchev–Trinajstić information content (AvgIpc) is 3.06. The summed E-state index contributed by atoms with van der Waals surface area (Å²) in [5.74, 6) is 0.0582. The highest BCUT2D eigenvalue weighted by Gasteiger charge is 2.26. The highest BCUT2D eigenvalue weighted by atomic mass is 35.5. The number of hydrogen-bond donors (Lipinski definition) is 1. The van der Waals surface area contributed by atoms with Crippen molar-refractivity contribution >= 4 is 34.2 Å². The summed E-state index contributed by atoms with van der Waals surface area (Å²) >= 11 is 6.42. The third kappa shape index (κ3) is 3.43. The van der Waals surface area contributed by atoms with Crippen LogP contribution in [0.5, 0.6) is 5.75 Å². The van der Waals surface area contributed by atoms with Crippen LogP contribution in [0.4, 0.5) is 5.69 Å². The molecule has 2 aromatic heterocycles. The molecule has 7 nitrogen and oxygen atoms in total. The van der Waals surface area contributed by atoms with Crippen molar-refractivity contribution in [3.05, 3.63) is 46.7 Å². The Labute approximate surface area is 167 Å². The molecule has 0 bridgehead atoms. The number of hydrogen-bond acceptors (Lipinski definition) is 5. The van der Waals surface area contributed by atoms with Gasteiger partial charge in [0, 0.05) is 25.1 Å². The molecule has 1 fully saturated rings. The molecule has 0 saturated carbocycles. The maximum absolute atomic E-state index is 12.8. The van der Waals surface area contributed by atoms with Gasteiger partial charge >= 0.3 is 0 Å². The average molecular weight is 401 g/mol. The molecule has 1 aliphatic heterocycles. The molecule has 0 atom stereocenters. The number of ether oxygens (including phenoxy) is 2. The summed E-state index contributed by atoms with van der Waals surface area (Å²) in [7, 11) is 1.51. The fraction of sp³-hybridized carbons (Fsp3) is 0.350. The van der Waals surface area contributed by atoms with E-state index in [1.165, 1.54) is 13.3 Å². The van der Waals surface area contributed by atoms with Gasteiger partial charge in [-0.2, -0.15) is 5.10 Å². The number of carbonyl (C=O) groups excluding carboxylic acids is 1. The van der Waals surface area contributed by atoms with E-state index in [1.807, 2.05) is 35.9 Å². The predicted octanol–water partition coefficient (Wildman–Crippen LogP) is 4.01. The molecule has 1 amide bonds. The Bertz CT molecular complexity index is 1010. The SMILES string of the molecule is COc1c(C(=O)Nc2ccc(C)cc2)cnc2c1c(Cl)nn2C1CCOCC1. The maximum atomic E-state index is 12.8. The standard InChI is InChI=1S/C20H21ClN4O3/c1-12-3-5-13(6-4-12)23-20(26)15-11-22-19-16(17(15)27-2)18(21)24-25(19)14-7-9-28-10-8-14/h3-6,11,14H,7-10H2,1-2H3,(H,23,26). The molecule has 1 aromatic carbocycles. The smallest absolute Gasteiger partial charge is 0.261 e. The zero-order valence-electron chi connectivity index (χ0n) is 15.7. The van der Waals surface area contributed by atoms with Crippen LogP contribution < -0.4 is 10.1 Å². The first-order valence-electron chi connectivity index (χ1n) is 9.15. The van der Waals surface area contributed by atoms with Gasteiger partial charge in [0.25, 0.3) is 5.91 Å². The number of anilines is 1. The normalized spacial score (nSPS) is 15.0. The number of nitrogens with zero attached hydrogens (tertiary/aromatic N) is 3. The molecule has 4 rings (SSSR count). The fourth-order valence-corrected chi connectivity index (χ4v) is 3.68. The van der Waals surface area contributed by atoms with E-state index in [9.17, 15) is 4.79 Å². The Hall–Kier alpha value is -2.64. The number of aromatic nitrogens is 3. The van der Waals surface area contributed by atoms with Gasteiger partial charge in [0.2, 0.25) is 0 Å². The van der Waals surface area contributed by atoms with E-state index >= 15 is 0 Å². The van der Waals surface area contributed by atoms with E-state index in [2.05, 4.69) is 15.4 Å². The molecule has 0 spiro atoms. The minimum Gasteiger partial charge on any atom is -0.495 e. The number of aryl methyl sites for hydroxylation is 1. The minimum absolute atomic E-state index is 0.160. The van der Waals surface area contributed by atoms with E-state index in [4.69, 9.17) is 21.1 Å². The summed E-state index contributed by atoms with van der Waals surface area (Å²) in [5.41, 5.74) is 2.73. The molecule has 8 heteroatoms. The Morgan fingerprint density at radius 1 is 1.29 bits per heavy atom. The molecule has 1 aliphatic rings. The van der Waals surface area contributed by atoms with Crippen molar-refractivity contribution in [3.63, 3.8) is 0 Å². The van der Waals surface area contributed by atoms with E-state index in [-0.39, 0.29) is 17.1 Å². The van der Waals surface area contributed by atoms with Crippen LogP contribution >= 0.6 is 11.6 Å². The number of benzene rings is 1. The molecule has 1 N–H and O–H groups in total. The van der Waals surface area contributed by atoms with Crippen LogP contribution in [-0.2, 0) is 4.74 Å². The lowest BCUT2D eigenvalue weighted by atomic mass is 10.1. The molecule has 0 unspecified atom stereocenters. The lowest BCUT2D eigenvalue weighted by Gasteiger charge is -2.22. The van der Waals surface area contributed by atoms with Crippen LogP contribution in [0.3, 0.4) is 0 Å². The second kappa shape index (κ2) is 7.77. The number of carbonyl (C=O) groups is 1. The monoisotopic (exact) mass is 400 g/mol. The molecule has 3 heterocycles. The van der Waals surface area contributed by atoms with Gasteiger partial charge in [-0.25, -0.2) is 9.67 Å². The Kier molecular flexibility index (Phi) is 5.19. The lowest BCUT2D eigenvalue weighted by molar-refractivity contribution is 0.0673. The van der Waals surface area contributed by atoms with Gasteiger partial charge in [-0.1, -0.05) is 29.3 Å². The highest BCUT2D eigenvalue weighted by molar-refractivity contribution is 6.35. The summed E-state index contributed by atoms with van der Waals surface area (Å²) < 4.78 is 12.8. The Morgan fingerprint density at radius 3 is 2.68 bits per heavy atom. The van der Waals surface area contributed by atoms with Crippen molar-refractivity contribution in [3.8, 4) is 5.75 Å². The summed E-state index contributed by atoms with van der Waals surface area (Å²) in [6, 6.07) is 7.73. The van der Waals surface area contributed by atoms with Gasteiger partial charge in [-0.15, -0.1) is 0 Å². The number of fused-ring (bicyclic) bond motifs is 1. The van der Waals surface area contributed by atoms with E-state index in [0.717, 1.165) is 18.4 Å². The van der Waals surface area contributed by atoms with Crippen LogP contribution in [0.1, 0.15) is 34.8 Å². The summed E-state index contributed by atoms with van der Waals surface area (Å²) in [4.78, 5) is 17.3. The van der Waals surface area contributed by atoms with Gasteiger partial charge in [-0.05, 0) is 31.9 Å². The number of rotatable bonds is 4. The molecule has 0 radical (unpaired) electrons. The first-order valence-corrected chi connectivity index (χ1v) is 9.52. The van der Waals surface area contributed by atoms with E-state index in [1.54, 1.807) is 0 Å². The van der Waals surface area contributed by atoms with Crippen LogP contribution in [0, 0.1) is 6.92 Å². The number of nitrogens with one attached hydrogen (secondary N) is 1. The van der Waals surface area contributed by atoms with Crippen molar-refractivity contribution in [2.75, 3.05) is 25.6 Å². The number of halogens is 1. The van der Waals surface area contributed by atoms with Crippen LogP contribution in [0.2, 0.25) is 5.15 Å².